The smallest absolute Gasteiger partial charge is 0.180 e. The van der Waals surface area contributed by atoms with Crippen molar-refractivity contribution in [1.82, 2.24) is 14.6 Å². The molecule has 0 saturated heterocycles. The predicted molar refractivity (Wildman–Crippen MR) is 57.2 cm³/mol. The Balaban J connectivity index is 2.17. The SMILES string of the molecule is O=C(Cc1ccncc1Cl)c1cnns1. The van der Waals surface area contributed by atoms with Gasteiger partial charge in [0.25, 0.3) is 0 Å². The number of ketones is 1. The normalized spacial score (nSPS) is 10.2. The summed E-state index contributed by atoms with van der Waals surface area (Å²) in [6.45, 7) is 0. The number of hydrogen-bond acceptors (Lipinski definition) is 5. The summed E-state index contributed by atoms with van der Waals surface area (Å²) >= 11 is 6.97. The molecule has 2 aromatic rings. The molecule has 0 fully saturated rings. The van der Waals surface area contributed by atoms with Crippen LogP contribution in [0.2, 0.25) is 5.02 Å². The van der Waals surface area contributed by atoms with Crippen LogP contribution in [0, 0.1) is 0 Å². The number of halogens is 1. The summed E-state index contributed by atoms with van der Waals surface area (Å²) in [7, 11) is 0. The topological polar surface area (TPSA) is 55.7 Å². The van der Waals surface area contributed by atoms with Gasteiger partial charge in [-0.2, -0.15) is 0 Å². The van der Waals surface area contributed by atoms with Crippen molar-refractivity contribution in [2.24, 2.45) is 0 Å². The van der Waals surface area contributed by atoms with Gasteiger partial charge in [-0.25, -0.2) is 0 Å². The molecule has 0 aliphatic carbocycles. The molecule has 2 aromatic heterocycles. The summed E-state index contributed by atoms with van der Waals surface area (Å²) < 4.78 is 3.63. The van der Waals surface area contributed by atoms with E-state index in [9.17, 15) is 4.79 Å². The van der Waals surface area contributed by atoms with Gasteiger partial charge in [0.05, 0.1) is 11.2 Å². The van der Waals surface area contributed by atoms with E-state index >= 15 is 0 Å². The number of carbonyl (C=O) groups is 1. The van der Waals surface area contributed by atoms with Crippen molar-refractivity contribution in [2.75, 3.05) is 0 Å². The van der Waals surface area contributed by atoms with E-state index in [1.54, 1.807) is 12.3 Å². The maximum atomic E-state index is 11.7. The van der Waals surface area contributed by atoms with Gasteiger partial charge in [-0.15, -0.1) is 5.10 Å². The van der Waals surface area contributed by atoms with Crippen molar-refractivity contribution in [1.29, 1.82) is 0 Å². The first-order valence-electron chi connectivity index (χ1n) is 4.16. The van der Waals surface area contributed by atoms with Crippen LogP contribution in [-0.4, -0.2) is 20.4 Å². The Morgan fingerprint density at radius 1 is 1.47 bits per heavy atom. The molecule has 0 saturated carbocycles. The first-order chi connectivity index (χ1) is 7.27. The van der Waals surface area contributed by atoms with Gasteiger partial charge in [0.15, 0.2) is 5.78 Å². The molecule has 0 radical (unpaired) electrons. The number of aromatic nitrogens is 3. The molecule has 0 atom stereocenters. The third-order valence-corrected chi connectivity index (χ3v) is 2.89. The van der Waals surface area contributed by atoms with E-state index in [-0.39, 0.29) is 12.2 Å². The predicted octanol–water partition coefficient (Wildman–Crippen LogP) is 2.01. The molecule has 0 aromatic carbocycles. The fraction of sp³-hybridized carbons (Fsp3) is 0.111. The second-order valence-corrected chi connectivity index (χ2v) is 4.04. The maximum absolute atomic E-state index is 11.7. The molecular formula is C9H6ClN3OS. The van der Waals surface area contributed by atoms with E-state index < -0.39 is 0 Å². The summed E-state index contributed by atoms with van der Waals surface area (Å²) in [4.78, 5) is 16.1. The van der Waals surface area contributed by atoms with E-state index in [0.29, 0.717) is 9.90 Å². The van der Waals surface area contributed by atoms with Crippen molar-refractivity contribution in [3.05, 3.63) is 40.1 Å². The van der Waals surface area contributed by atoms with Gasteiger partial charge < -0.3 is 0 Å². The maximum Gasteiger partial charge on any atom is 0.180 e. The number of hydrogen-bond donors (Lipinski definition) is 0. The molecule has 0 spiro atoms. The van der Waals surface area contributed by atoms with Gasteiger partial charge in [0.1, 0.15) is 4.88 Å². The molecule has 2 rings (SSSR count). The van der Waals surface area contributed by atoms with Crippen LogP contribution in [0.3, 0.4) is 0 Å². The van der Waals surface area contributed by atoms with E-state index in [1.165, 1.54) is 12.4 Å². The second kappa shape index (κ2) is 4.46. The standard InChI is InChI=1S/C9H6ClN3OS/c10-7-4-11-2-1-6(7)3-8(14)9-5-12-13-15-9/h1-2,4-5H,3H2. The van der Waals surface area contributed by atoms with Crippen molar-refractivity contribution in [3.8, 4) is 0 Å². The Morgan fingerprint density at radius 3 is 3.00 bits per heavy atom. The summed E-state index contributed by atoms with van der Waals surface area (Å²) in [5.41, 5.74) is 0.769. The lowest BCUT2D eigenvalue weighted by molar-refractivity contribution is 0.0996. The highest BCUT2D eigenvalue weighted by Crippen LogP contribution is 2.16. The minimum atomic E-state index is -0.0295. The fourth-order valence-electron chi connectivity index (χ4n) is 1.10. The van der Waals surface area contributed by atoms with E-state index in [0.717, 1.165) is 17.1 Å². The van der Waals surface area contributed by atoms with Gasteiger partial charge in [-0.3, -0.25) is 9.78 Å². The zero-order chi connectivity index (χ0) is 10.7. The van der Waals surface area contributed by atoms with Crippen LogP contribution in [0.15, 0.2) is 24.7 Å². The third-order valence-electron chi connectivity index (χ3n) is 1.84. The van der Waals surface area contributed by atoms with Crippen LogP contribution in [0.4, 0.5) is 0 Å². The van der Waals surface area contributed by atoms with Crippen molar-refractivity contribution in [2.45, 2.75) is 6.42 Å². The van der Waals surface area contributed by atoms with Crippen LogP contribution < -0.4 is 0 Å². The quantitative estimate of drug-likeness (QED) is 0.769. The summed E-state index contributed by atoms with van der Waals surface area (Å²) in [6.07, 6.45) is 4.85. The molecule has 0 N–H and O–H groups in total. The van der Waals surface area contributed by atoms with Gasteiger partial charge in [-0.1, -0.05) is 16.1 Å². The summed E-state index contributed by atoms with van der Waals surface area (Å²) in [5, 5.41) is 4.11. The van der Waals surface area contributed by atoms with E-state index in [4.69, 9.17) is 11.6 Å². The molecule has 2 heterocycles. The first-order valence-corrected chi connectivity index (χ1v) is 5.31. The summed E-state index contributed by atoms with van der Waals surface area (Å²) in [5.74, 6) is -0.0295. The number of carbonyl (C=O) groups excluding carboxylic acids is 1. The van der Waals surface area contributed by atoms with E-state index in [2.05, 4.69) is 14.6 Å². The second-order valence-electron chi connectivity index (χ2n) is 2.85. The molecular weight excluding hydrogens is 234 g/mol. The van der Waals surface area contributed by atoms with Crippen molar-refractivity contribution < 1.29 is 4.79 Å². The molecule has 76 valence electrons. The molecule has 0 aliphatic heterocycles. The molecule has 15 heavy (non-hydrogen) atoms. The lowest BCUT2D eigenvalue weighted by atomic mass is 10.1. The number of nitrogens with zero attached hydrogens (tertiary/aromatic N) is 3. The zero-order valence-electron chi connectivity index (χ0n) is 7.55. The molecule has 0 bridgehead atoms. The Labute approximate surface area is 95.1 Å². The van der Waals surface area contributed by atoms with Crippen molar-refractivity contribution >= 4 is 28.9 Å². The molecule has 0 amide bonds. The Hall–Kier alpha value is -1.33. The largest absolute Gasteiger partial charge is 0.293 e. The van der Waals surface area contributed by atoms with Gasteiger partial charge in [0, 0.05) is 18.8 Å². The highest BCUT2D eigenvalue weighted by molar-refractivity contribution is 7.07. The highest BCUT2D eigenvalue weighted by atomic mass is 35.5. The first kappa shape index (κ1) is 10.2. The van der Waals surface area contributed by atoms with Crippen LogP contribution in [0.1, 0.15) is 15.2 Å². The fourth-order valence-corrected chi connectivity index (χ4v) is 1.73. The van der Waals surface area contributed by atoms with Gasteiger partial charge >= 0.3 is 0 Å². The number of Topliss-reactive ketones (excluding diaryl/α,β-unsaturated/α-hetero) is 1. The molecule has 0 unspecified atom stereocenters. The Bertz CT molecular complexity index is 472. The van der Waals surface area contributed by atoms with Gasteiger partial charge in [-0.05, 0) is 23.2 Å². The summed E-state index contributed by atoms with van der Waals surface area (Å²) in [6, 6.07) is 1.73. The van der Waals surface area contributed by atoms with Crippen LogP contribution in [0.25, 0.3) is 0 Å². The lowest BCUT2D eigenvalue weighted by Crippen LogP contribution is -2.01. The lowest BCUT2D eigenvalue weighted by Gasteiger charge is -2.00. The third kappa shape index (κ3) is 2.37. The average Bonchev–Trinajstić information content (AvgIpc) is 2.74. The molecule has 4 nitrogen and oxygen atoms in total. The van der Waals surface area contributed by atoms with Crippen LogP contribution >= 0.6 is 23.1 Å². The Morgan fingerprint density at radius 2 is 2.33 bits per heavy atom. The average molecular weight is 240 g/mol. The van der Waals surface area contributed by atoms with E-state index in [1.807, 2.05) is 0 Å². The van der Waals surface area contributed by atoms with Crippen molar-refractivity contribution in [3.63, 3.8) is 0 Å². The Kier molecular flexibility index (Phi) is 3.03. The number of pyridine rings is 1. The van der Waals surface area contributed by atoms with Crippen LogP contribution in [0.5, 0.6) is 0 Å². The molecule has 0 aliphatic rings. The minimum Gasteiger partial charge on any atom is -0.293 e. The zero-order valence-corrected chi connectivity index (χ0v) is 9.13. The van der Waals surface area contributed by atoms with Gasteiger partial charge in [0.2, 0.25) is 0 Å². The number of rotatable bonds is 3. The molecule has 6 heteroatoms. The van der Waals surface area contributed by atoms with Crippen LogP contribution in [-0.2, 0) is 6.42 Å². The highest BCUT2D eigenvalue weighted by Gasteiger charge is 2.11. The monoisotopic (exact) mass is 239 g/mol. The minimum absolute atomic E-state index is 0.0295.